The Morgan fingerprint density at radius 1 is 1.42 bits per heavy atom. The van der Waals surface area contributed by atoms with Gasteiger partial charge in [-0.2, -0.15) is 0 Å². The van der Waals surface area contributed by atoms with Gasteiger partial charge >= 0.3 is 0 Å². The van der Waals surface area contributed by atoms with Crippen molar-refractivity contribution in [2.24, 2.45) is 0 Å². The van der Waals surface area contributed by atoms with E-state index < -0.39 is 0 Å². The van der Waals surface area contributed by atoms with Gasteiger partial charge in [0.1, 0.15) is 6.54 Å². The van der Waals surface area contributed by atoms with Crippen molar-refractivity contribution in [3.63, 3.8) is 0 Å². The molecule has 4 nitrogen and oxygen atoms in total. The van der Waals surface area contributed by atoms with Crippen LogP contribution in [0.25, 0.3) is 10.9 Å². The second-order valence-corrected chi connectivity index (χ2v) is 4.98. The van der Waals surface area contributed by atoms with E-state index in [-0.39, 0.29) is 17.9 Å². The standard InChI is InChI=1S/C14H13BrN2O2/c1-2-6-16-14(19)9-17-7-5-13(18)11-4-3-10(15)8-12(11)17/h2-5,7-8H,1,6,9H2,(H,16,19). The summed E-state index contributed by atoms with van der Waals surface area (Å²) >= 11 is 3.37. The summed E-state index contributed by atoms with van der Waals surface area (Å²) in [5, 5.41) is 3.31. The molecule has 1 amide bonds. The maximum absolute atomic E-state index is 11.8. The molecule has 98 valence electrons. The summed E-state index contributed by atoms with van der Waals surface area (Å²) in [7, 11) is 0. The summed E-state index contributed by atoms with van der Waals surface area (Å²) in [6, 6.07) is 6.86. The van der Waals surface area contributed by atoms with Crippen LogP contribution >= 0.6 is 15.9 Å². The van der Waals surface area contributed by atoms with E-state index in [1.807, 2.05) is 12.1 Å². The fourth-order valence-corrected chi connectivity index (χ4v) is 2.16. The van der Waals surface area contributed by atoms with E-state index in [1.165, 1.54) is 6.07 Å². The van der Waals surface area contributed by atoms with E-state index in [0.29, 0.717) is 11.9 Å². The van der Waals surface area contributed by atoms with Gasteiger partial charge in [-0.05, 0) is 18.2 Å². The number of halogens is 1. The fraction of sp³-hybridized carbons (Fsp3) is 0.143. The molecule has 1 N–H and O–H groups in total. The number of fused-ring (bicyclic) bond motifs is 1. The molecule has 0 bridgehead atoms. The predicted molar refractivity (Wildman–Crippen MR) is 79.1 cm³/mol. The minimum atomic E-state index is -0.121. The monoisotopic (exact) mass is 320 g/mol. The van der Waals surface area contributed by atoms with Gasteiger partial charge in [0, 0.05) is 28.7 Å². The minimum absolute atomic E-state index is 0.0507. The Morgan fingerprint density at radius 3 is 2.95 bits per heavy atom. The van der Waals surface area contributed by atoms with Crippen LogP contribution in [0.1, 0.15) is 0 Å². The molecule has 5 heteroatoms. The van der Waals surface area contributed by atoms with E-state index in [9.17, 15) is 9.59 Å². The summed E-state index contributed by atoms with van der Waals surface area (Å²) in [5.41, 5.74) is 0.681. The highest BCUT2D eigenvalue weighted by atomic mass is 79.9. The van der Waals surface area contributed by atoms with Crippen molar-refractivity contribution in [1.82, 2.24) is 9.88 Å². The van der Waals surface area contributed by atoms with Crippen molar-refractivity contribution < 1.29 is 4.79 Å². The summed E-state index contributed by atoms with van der Waals surface area (Å²) in [4.78, 5) is 23.5. The largest absolute Gasteiger partial charge is 0.351 e. The molecule has 0 unspecified atom stereocenters. The normalized spacial score (nSPS) is 10.4. The average Bonchev–Trinajstić information content (AvgIpc) is 2.39. The van der Waals surface area contributed by atoms with Gasteiger partial charge in [0.15, 0.2) is 5.43 Å². The van der Waals surface area contributed by atoms with E-state index in [2.05, 4.69) is 27.8 Å². The zero-order valence-corrected chi connectivity index (χ0v) is 11.8. The van der Waals surface area contributed by atoms with Crippen LogP contribution in [0.3, 0.4) is 0 Å². The lowest BCUT2D eigenvalue weighted by Gasteiger charge is -2.10. The van der Waals surface area contributed by atoms with Crippen LogP contribution in [-0.2, 0) is 11.3 Å². The maximum Gasteiger partial charge on any atom is 0.240 e. The minimum Gasteiger partial charge on any atom is -0.351 e. The molecule has 19 heavy (non-hydrogen) atoms. The maximum atomic E-state index is 11.8. The second kappa shape index (κ2) is 5.84. The van der Waals surface area contributed by atoms with Crippen molar-refractivity contribution in [3.05, 3.63) is 57.8 Å². The number of hydrogen-bond acceptors (Lipinski definition) is 2. The first kappa shape index (κ1) is 13.5. The predicted octanol–water partition coefficient (Wildman–Crippen LogP) is 2.07. The third-order valence-electron chi connectivity index (χ3n) is 2.70. The fourth-order valence-electron chi connectivity index (χ4n) is 1.81. The van der Waals surface area contributed by atoms with Crippen LogP contribution in [0.5, 0.6) is 0 Å². The van der Waals surface area contributed by atoms with Gasteiger partial charge in [0.2, 0.25) is 5.91 Å². The lowest BCUT2D eigenvalue weighted by Crippen LogP contribution is -2.28. The van der Waals surface area contributed by atoms with Gasteiger partial charge < -0.3 is 9.88 Å². The number of benzene rings is 1. The number of rotatable bonds is 4. The zero-order chi connectivity index (χ0) is 13.8. The number of nitrogens with zero attached hydrogens (tertiary/aromatic N) is 1. The molecule has 2 rings (SSSR count). The Balaban J connectivity index is 2.40. The number of aromatic nitrogens is 1. The Bertz CT molecular complexity index is 691. The molecular formula is C14H13BrN2O2. The van der Waals surface area contributed by atoms with Crippen LogP contribution in [0, 0.1) is 0 Å². The summed E-state index contributed by atoms with van der Waals surface area (Å²) < 4.78 is 2.62. The molecule has 0 saturated heterocycles. The van der Waals surface area contributed by atoms with Crippen molar-refractivity contribution in [1.29, 1.82) is 0 Å². The molecule has 1 aromatic heterocycles. The molecule has 0 aliphatic heterocycles. The summed E-state index contributed by atoms with van der Waals surface area (Å²) in [6.07, 6.45) is 3.25. The van der Waals surface area contributed by atoms with Crippen molar-refractivity contribution in [2.75, 3.05) is 6.54 Å². The highest BCUT2D eigenvalue weighted by Gasteiger charge is 2.06. The number of carbonyl (C=O) groups is 1. The Morgan fingerprint density at radius 2 is 2.21 bits per heavy atom. The zero-order valence-electron chi connectivity index (χ0n) is 10.2. The van der Waals surface area contributed by atoms with Crippen LogP contribution < -0.4 is 10.7 Å². The number of hydrogen-bond donors (Lipinski definition) is 1. The topological polar surface area (TPSA) is 51.1 Å². The van der Waals surface area contributed by atoms with E-state index in [4.69, 9.17) is 0 Å². The van der Waals surface area contributed by atoms with E-state index >= 15 is 0 Å². The van der Waals surface area contributed by atoms with Crippen LogP contribution in [0.4, 0.5) is 0 Å². The third kappa shape index (κ3) is 3.12. The highest BCUT2D eigenvalue weighted by molar-refractivity contribution is 9.10. The quantitative estimate of drug-likeness (QED) is 0.877. The lowest BCUT2D eigenvalue weighted by molar-refractivity contribution is -0.121. The first-order chi connectivity index (χ1) is 9.11. The average molecular weight is 321 g/mol. The number of carbonyl (C=O) groups excluding carboxylic acids is 1. The molecule has 0 spiro atoms. The summed E-state index contributed by atoms with van der Waals surface area (Å²) in [6.45, 7) is 4.14. The third-order valence-corrected chi connectivity index (χ3v) is 3.19. The lowest BCUT2D eigenvalue weighted by atomic mass is 10.2. The van der Waals surface area contributed by atoms with Crippen molar-refractivity contribution >= 4 is 32.7 Å². The van der Waals surface area contributed by atoms with Crippen LogP contribution in [0.2, 0.25) is 0 Å². The number of nitrogens with one attached hydrogen (secondary N) is 1. The molecule has 0 radical (unpaired) electrons. The number of amides is 1. The molecule has 0 aliphatic rings. The first-order valence-electron chi connectivity index (χ1n) is 5.78. The van der Waals surface area contributed by atoms with Crippen molar-refractivity contribution in [2.45, 2.75) is 6.54 Å². The first-order valence-corrected chi connectivity index (χ1v) is 6.57. The Hall–Kier alpha value is -1.88. The molecule has 0 atom stereocenters. The molecule has 1 heterocycles. The van der Waals surface area contributed by atoms with Crippen LogP contribution in [-0.4, -0.2) is 17.0 Å². The molecule has 0 saturated carbocycles. The van der Waals surface area contributed by atoms with Gasteiger partial charge in [0.05, 0.1) is 5.52 Å². The highest BCUT2D eigenvalue weighted by Crippen LogP contribution is 2.17. The molecule has 0 aliphatic carbocycles. The van der Waals surface area contributed by atoms with Gasteiger partial charge in [-0.1, -0.05) is 22.0 Å². The smallest absolute Gasteiger partial charge is 0.240 e. The molecule has 1 aromatic carbocycles. The van der Waals surface area contributed by atoms with Gasteiger partial charge in [-0.3, -0.25) is 9.59 Å². The van der Waals surface area contributed by atoms with Crippen molar-refractivity contribution in [3.8, 4) is 0 Å². The Labute approximate surface area is 118 Å². The number of pyridine rings is 1. The van der Waals surface area contributed by atoms with E-state index in [0.717, 1.165) is 9.99 Å². The van der Waals surface area contributed by atoms with E-state index in [1.54, 1.807) is 22.9 Å². The van der Waals surface area contributed by atoms with Gasteiger partial charge in [0.25, 0.3) is 0 Å². The Kier molecular flexibility index (Phi) is 4.16. The second-order valence-electron chi connectivity index (χ2n) is 4.06. The molecule has 2 aromatic rings. The van der Waals surface area contributed by atoms with Crippen LogP contribution in [0.15, 0.2) is 52.4 Å². The SMILES string of the molecule is C=CCNC(=O)Cn1ccc(=O)c2ccc(Br)cc21. The summed E-state index contributed by atoms with van der Waals surface area (Å²) in [5.74, 6) is -0.121. The van der Waals surface area contributed by atoms with Gasteiger partial charge in [-0.25, -0.2) is 0 Å². The molecule has 0 fully saturated rings. The van der Waals surface area contributed by atoms with Gasteiger partial charge in [-0.15, -0.1) is 6.58 Å². The molecular weight excluding hydrogens is 308 g/mol.